The van der Waals surface area contributed by atoms with E-state index in [1.807, 2.05) is 0 Å². The van der Waals surface area contributed by atoms with Gasteiger partial charge in [0.25, 0.3) is 5.91 Å². The molecule has 1 atom stereocenters. The molecule has 1 aliphatic carbocycles. The molecule has 0 bridgehead atoms. The number of aryl methyl sites for hydroxylation is 1. The van der Waals surface area contributed by atoms with Gasteiger partial charge in [-0.3, -0.25) is 10.1 Å². The highest BCUT2D eigenvalue weighted by molar-refractivity contribution is 7.15. The Labute approximate surface area is 142 Å². The van der Waals surface area contributed by atoms with Crippen LogP contribution in [0.3, 0.4) is 0 Å². The highest BCUT2D eigenvalue weighted by atomic mass is 32.1. The van der Waals surface area contributed by atoms with E-state index in [1.165, 1.54) is 29.8 Å². The van der Waals surface area contributed by atoms with Crippen LogP contribution in [0.15, 0.2) is 0 Å². The van der Waals surface area contributed by atoms with Gasteiger partial charge in [-0.2, -0.15) is 0 Å². The molecule has 23 heavy (non-hydrogen) atoms. The van der Waals surface area contributed by atoms with Gasteiger partial charge in [-0.05, 0) is 51.1 Å². The predicted octanol–water partition coefficient (Wildman–Crippen LogP) is 2.76. The monoisotopic (exact) mass is 337 g/mol. The number of thiazole rings is 1. The summed E-state index contributed by atoms with van der Waals surface area (Å²) in [7, 11) is 1.63. The quantitative estimate of drug-likeness (QED) is 0.867. The van der Waals surface area contributed by atoms with E-state index in [0.29, 0.717) is 12.8 Å². The minimum atomic E-state index is -0.706. The Balaban J connectivity index is 1.68. The molecule has 128 valence electrons. The number of methoxy groups -OCH3 is 1. The summed E-state index contributed by atoms with van der Waals surface area (Å²) >= 11 is 1.65. The third-order valence-electron chi connectivity index (χ3n) is 5.17. The van der Waals surface area contributed by atoms with Crippen molar-refractivity contribution >= 4 is 22.4 Å². The molecule has 0 aromatic carbocycles. The summed E-state index contributed by atoms with van der Waals surface area (Å²) in [5, 5.41) is 7.04. The maximum absolute atomic E-state index is 12.7. The minimum absolute atomic E-state index is 0.0438. The number of anilines is 1. The maximum atomic E-state index is 12.7. The Bertz CT molecular complexity index is 552. The zero-order chi connectivity index (χ0) is 16.3. The van der Waals surface area contributed by atoms with E-state index >= 15 is 0 Å². The molecule has 0 radical (unpaired) electrons. The molecular formula is C17H27N3O2S. The first-order valence-electron chi connectivity index (χ1n) is 8.73. The molecule has 0 spiro atoms. The SMILES string of the molecule is CCCC1CCc2nc(NC(=O)C3(OC)CCNCC3)sc2C1. The summed E-state index contributed by atoms with van der Waals surface area (Å²) < 4.78 is 5.59. The molecule has 3 rings (SSSR count). The number of amides is 1. The minimum Gasteiger partial charge on any atom is -0.368 e. The summed E-state index contributed by atoms with van der Waals surface area (Å²) in [5.74, 6) is 0.740. The third-order valence-corrected chi connectivity index (χ3v) is 6.21. The van der Waals surface area contributed by atoms with Crippen molar-refractivity contribution in [1.82, 2.24) is 10.3 Å². The van der Waals surface area contributed by atoms with Crippen LogP contribution in [0.1, 0.15) is 49.6 Å². The van der Waals surface area contributed by atoms with Crippen LogP contribution in [0.5, 0.6) is 0 Å². The number of hydrogen-bond acceptors (Lipinski definition) is 5. The number of nitrogens with one attached hydrogen (secondary N) is 2. The van der Waals surface area contributed by atoms with Gasteiger partial charge in [-0.1, -0.05) is 19.8 Å². The Morgan fingerprint density at radius 2 is 2.26 bits per heavy atom. The fourth-order valence-electron chi connectivity index (χ4n) is 3.72. The molecule has 1 aromatic heterocycles. The van der Waals surface area contributed by atoms with E-state index in [1.54, 1.807) is 18.4 Å². The Morgan fingerprint density at radius 3 is 2.96 bits per heavy atom. The van der Waals surface area contributed by atoms with Crippen molar-refractivity contribution in [2.75, 3.05) is 25.5 Å². The highest BCUT2D eigenvalue weighted by Crippen LogP contribution is 2.35. The Hall–Kier alpha value is -0.980. The molecular weight excluding hydrogens is 310 g/mol. The fraction of sp³-hybridized carbons (Fsp3) is 0.765. The second-order valence-corrected chi connectivity index (χ2v) is 7.77. The first-order valence-corrected chi connectivity index (χ1v) is 9.54. The molecule has 6 heteroatoms. The van der Waals surface area contributed by atoms with Crippen molar-refractivity contribution in [2.45, 2.75) is 57.5 Å². The van der Waals surface area contributed by atoms with Gasteiger partial charge >= 0.3 is 0 Å². The standard InChI is InChI=1S/C17H27N3O2S/c1-3-4-12-5-6-13-14(11-12)23-16(19-13)20-15(21)17(22-2)7-9-18-10-8-17/h12,18H,3-11H2,1-2H3,(H,19,20,21). The van der Waals surface area contributed by atoms with Crippen LogP contribution in [-0.4, -0.2) is 36.7 Å². The number of ether oxygens (including phenoxy) is 1. The fourth-order valence-corrected chi connectivity index (χ4v) is 4.83. The van der Waals surface area contributed by atoms with Gasteiger partial charge in [0.1, 0.15) is 5.60 Å². The number of rotatable bonds is 5. The Morgan fingerprint density at radius 1 is 1.48 bits per heavy atom. The molecule has 1 aliphatic heterocycles. The topological polar surface area (TPSA) is 63.2 Å². The lowest BCUT2D eigenvalue weighted by Gasteiger charge is -2.34. The van der Waals surface area contributed by atoms with E-state index < -0.39 is 5.60 Å². The number of fused-ring (bicyclic) bond motifs is 1. The molecule has 2 heterocycles. The van der Waals surface area contributed by atoms with Crippen LogP contribution in [0, 0.1) is 5.92 Å². The van der Waals surface area contributed by atoms with E-state index in [9.17, 15) is 4.79 Å². The molecule has 1 saturated heterocycles. The molecule has 1 amide bonds. The molecule has 1 aromatic rings. The molecule has 2 N–H and O–H groups in total. The largest absolute Gasteiger partial charge is 0.368 e. The number of carbonyl (C=O) groups is 1. The van der Waals surface area contributed by atoms with E-state index in [4.69, 9.17) is 4.74 Å². The van der Waals surface area contributed by atoms with E-state index in [2.05, 4.69) is 22.5 Å². The van der Waals surface area contributed by atoms with Crippen molar-refractivity contribution < 1.29 is 9.53 Å². The van der Waals surface area contributed by atoms with Gasteiger partial charge in [0, 0.05) is 12.0 Å². The van der Waals surface area contributed by atoms with Gasteiger partial charge in [0.05, 0.1) is 5.69 Å². The number of piperidine rings is 1. The second kappa shape index (κ2) is 7.28. The number of hydrogen-bond donors (Lipinski definition) is 2. The van der Waals surface area contributed by atoms with Crippen LogP contribution in [0.4, 0.5) is 5.13 Å². The molecule has 1 unspecified atom stereocenters. The summed E-state index contributed by atoms with van der Waals surface area (Å²) in [6, 6.07) is 0. The lowest BCUT2D eigenvalue weighted by Crippen LogP contribution is -2.51. The van der Waals surface area contributed by atoms with Crippen LogP contribution >= 0.6 is 11.3 Å². The number of carbonyl (C=O) groups excluding carboxylic acids is 1. The van der Waals surface area contributed by atoms with Gasteiger partial charge in [-0.15, -0.1) is 11.3 Å². The zero-order valence-electron chi connectivity index (χ0n) is 14.1. The lowest BCUT2D eigenvalue weighted by molar-refractivity contribution is -0.140. The summed E-state index contributed by atoms with van der Waals surface area (Å²) in [5.41, 5.74) is 0.483. The van der Waals surface area contributed by atoms with Crippen molar-refractivity contribution in [1.29, 1.82) is 0 Å². The zero-order valence-corrected chi connectivity index (χ0v) is 14.9. The van der Waals surface area contributed by atoms with Crippen molar-refractivity contribution in [2.24, 2.45) is 5.92 Å². The van der Waals surface area contributed by atoms with Gasteiger partial charge in [0.15, 0.2) is 5.13 Å². The average molecular weight is 337 g/mol. The maximum Gasteiger partial charge on any atom is 0.258 e. The first-order chi connectivity index (χ1) is 11.2. The van der Waals surface area contributed by atoms with Crippen molar-refractivity contribution in [3.8, 4) is 0 Å². The number of nitrogens with zero attached hydrogens (tertiary/aromatic N) is 1. The first kappa shape index (κ1) is 16.9. The predicted molar refractivity (Wildman–Crippen MR) is 93.0 cm³/mol. The second-order valence-electron chi connectivity index (χ2n) is 6.69. The molecule has 1 fully saturated rings. The van der Waals surface area contributed by atoms with Crippen molar-refractivity contribution in [3.63, 3.8) is 0 Å². The highest BCUT2D eigenvalue weighted by Gasteiger charge is 2.40. The van der Waals surface area contributed by atoms with Gasteiger partial charge < -0.3 is 10.1 Å². The summed E-state index contributed by atoms with van der Waals surface area (Å²) in [6.45, 7) is 3.87. The van der Waals surface area contributed by atoms with E-state index in [0.717, 1.165) is 37.0 Å². The summed E-state index contributed by atoms with van der Waals surface area (Å²) in [4.78, 5) is 18.7. The van der Waals surface area contributed by atoms with Crippen LogP contribution in [-0.2, 0) is 22.4 Å². The summed E-state index contributed by atoms with van der Waals surface area (Å²) in [6.07, 6.45) is 7.34. The van der Waals surface area contributed by atoms with Crippen LogP contribution in [0.25, 0.3) is 0 Å². The average Bonchev–Trinajstić information content (AvgIpc) is 2.97. The lowest BCUT2D eigenvalue weighted by atomic mass is 9.88. The third kappa shape index (κ3) is 3.59. The normalized spacial score (nSPS) is 23.3. The van der Waals surface area contributed by atoms with E-state index in [-0.39, 0.29) is 5.91 Å². The van der Waals surface area contributed by atoms with Crippen LogP contribution < -0.4 is 10.6 Å². The van der Waals surface area contributed by atoms with Gasteiger partial charge in [0.2, 0.25) is 0 Å². The smallest absolute Gasteiger partial charge is 0.258 e. The van der Waals surface area contributed by atoms with Gasteiger partial charge in [-0.25, -0.2) is 4.98 Å². The number of aromatic nitrogens is 1. The molecule has 2 aliphatic rings. The Kier molecular flexibility index (Phi) is 5.34. The van der Waals surface area contributed by atoms with Crippen molar-refractivity contribution in [3.05, 3.63) is 10.6 Å². The molecule has 5 nitrogen and oxygen atoms in total. The van der Waals surface area contributed by atoms with Crippen LogP contribution in [0.2, 0.25) is 0 Å². The molecule has 0 saturated carbocycles.